The van der Waals surface area contributed by atoms with Gasteiger partial charge in [-0.15, -0.1) is 33.8 Å². The Hall–Kier alpha value is -1.62. The van der Waals surface area contributed by atoms with Crippen LogP contribution < -0.4 is 31.8 Å². The van der Waals surface area contributed by atoms with E-state index in [9.17, 15) is 9.13 Å². The smallest absolute Gasteiger partial charge is 2.00 e. The first-order valence-electron chi connectivity index (χ1n) is 13.3. The van der Waals surface area contributed by atoms with Crippen LogP contribution in [0.3, 0.4) is 0 Å². The van der Waals surface area contributed by atoms with Crippen molar-refractivity contribution in [3.8, 4) is 0 Å². The summed E-state index contributed by atoms with van der Waals surface area (Å²) in [6.07, 6.45) is 0. The molecule has 0 amide bonds. The molecule has 2 nitrogen and oxygen atoms in total. The van der Waals surface area contributed by atoms with E-state index in [0.29, 0.717) is 0 Å². The van der Waals surface area contributed by atoms with E-state index in [-0.39, 0.29) is 38.3 Å². The molecule has 0 saturated carbocycles. The third-order valence-corrected chi connectivity index (χ3v) is 12.6. The van der Waals surface area contributed by atoms with Crippen LogP contribution in [0.15, 0.2) is 170 Å². The van der Waals surface area contributed by atoms with Crippen molar-refractivity contribution in [1.82, 2.24) is 0 Å². The number of benzene rings is 4. The molecule has 0 heterocycles. The molecule has 0 aliphatic heterocycles. The summed E-state index contributed by atoms with van der Waals surface area (Å²) >= 11 is 9.42. The fourth-order valence-corrected chi connectivity index (χ4v) is 9.93. The van der Waals surface area contributed by atoms with Gasteiger partial charge >= 0.3 is 52.1 Å². The Morgan fingerprint density at radius 3 is 0.867 bits per heavy atom. The molecular formula is C35H30Cl4FeO2P2Pd. The molecule has 6 aromatic rings. The van der Waals surface area contributed by atoms with Crippen molar-refractivity contribution in [3.63, 3.8) is 0 Å². The van der Waals surface area contributed by atoms with Crippen molar-refractivity contribution in [2.75, 3.05) is 5.34 Å². The van der Waals surface area contributed by atoms with Crippen molar-refractivity contribution in [1.29, 1.82) is 0 Å². The van der Waals surface area contributed by atoms with E-state index in [4.69, 9.17) is 42.3 Å². The average Bonchev–Trinajstić information content (AvgIpc) is 3.83. The minimum Gasteiger partial charge on any atom is 2.00 e. The van der Waals surface area contributed by atoms with Crippen LogP contribution in [0.4, 0.5) is 0 Å². The Labute approximate surface area is 303 Å². The second kappa shape index (κ2) is 21.3. The molecule has 0 spiro atoms. The quantitative estimate of drug-likeness (QED) is 0.0727. The van der Waals surface area contributed by atoms with E-state index in [1.54, 1.807) is 0 Å². The molecule has 45 heavy (non-hydrogen) atoms. The van der Waals surface area contributed by atoms with Crippen molar-refractivity contribution in [3.05, 3.63) is 170 Å². The van der Waals surface area contributed by atoms with Crippen LogP contribution in [0.25, 0.3) is 0 Å². The monoisotopic (exact) mass is 846 g/mol. The second-order valence-corrected chi connectivity index (χ2v) is 17.7. The molecular weight excluding hydrogens is 818 g/mol. The summed E-state index contributed by atoms with van der Waals surface area (Å²) in [5.74, 6) is 0. The number of halogens is 4. The van der Waals surface area contributed by atoms with Gasteiger partial charge in [-0.25, -0.2) is 12.1 Å². The van der Waals surface area contributed by atoms with Gasteiger partial charge in [-0.05, 0) is 0 Å². The van der Waals surface area contributed by atoms with E-state index in [0.717, 1.165) is 31.8 Å². The zero-order chi connectivity index (χ0) is 31.7. The average molecular weight is 849 g/mol. The van der Waals surface area contributed by atoms with Gasteiger partial charge in [0.25, 0.3) is 0 Å². The molecule has 0 saturated heterocycles. The minimum atomic E-state index is -2.73. The van der Waals surface area contributed by atoms with Crippen LogP contribution in [-0.2, 0) is 42.1 Å². The van der Waals surface area contributed by atoms with Crippen LogP contribution >= 0.6 is 56.5 Å². The van der Waals surface area contributed by atoms with E-state index in [1.807, 2.05) is 170 Å². The normalized spacial score (nSPS) is 10.5. The number of hydrogen-bond acceptors (Lipinski definition) is 2. The molecule has 0 fully saturated rings. The zero-order valence-corrected chi connectivity index (χ0v) is 31.2. The van der Waals surface area contributed by atoms with Crippen LogP contribution in [-0.4, -0.2) is 5.34 Å². The SMILES string of the molecule is ClCCl.O=P(c1ccccc1)(c1ccccc1)c1cc[cH-]c1.O=P(c1ccccc1)(c1ccccc1)c1cc[cH-]c1.[Cl][Pd][Cl].[Fe+2]. The summed E-state index contributed by atoms with van der Waals surface area (Å²) in [4.78, 5) is 0. The van der Waals surface area contributed by atoms with Crippen LogP contribution in [0.2, 0.25) is 0 Å². The van der Waals surface area contributed by atoms with E-state index in [2.05, 4.69) is 0 Å². The molecule has 6 rings (SSSR count). The van der Waals surface area contributed by atoms with E-state index in [1.165, 1.54) is 0 Å². The number of alkyl halides is 2. The van der Waals surface area contributed by atoms with Crippen LogP contribution in [0, 0.1) is 0 Å². The van der Waals surface area contributed by atoms with Gasteiger partial charge in [-0.1, -0.05) is 121 Å². The maximum atomic E-state index is 13.7. The van der Waals surface area contributed by atoms with Gasteiger partial charge in [-0.3, -0.25) is 0 Å². The fourth-order valence-electron chi connectivity index (χ4n) is 4.59. The standard InChI is InChI=1S/2C17H14OP.CH2Cl2.2ClH.Fe.Pd/c2*18-19(17-13-7-8-14-17,15-9-3-1-4-10-15)16-11-5-2-6-12-16;2-1-3;;;;/h2*1-14H;1H2;2*1H;;/q2*-1;;;;2*+2/p-2. The van der Waals surface area contributed by atoms with Crippen molar-refractivity contribution >= 4 is 88.4 Å². The zero-order valence-electron chi connectivity index (χ0n) is 23.8. The largest absolute Gasteiger partial charge is 2.00 e. The van der Waals surface area contributed by atoms with Crippen molar-refractivity contribution in [2.24, 2.45) is 0 Å². The number of hydrogen-bond donors (Lipinski definition) is 0. The maximum Gasteiger partial charge on any atom is 2.00 e. The van der Waals surface area contributed by atoms with E-state index < -0.39 is 14.3 Å². The Balaban J connectivity index is 0.000000262. The third-order valence-electron chi connectivity index (χ3n) is 6.50. The predicted molar refractivity (Wildman–Crippen MR) is 191 cm³/mol. The van der Waals surface area contributed by atoms with Gasteiger partial charge in [0.2, 0.25) is 0 Å². The van der Waals surface area contributed by atoms with Crippen molar-refractivity contribution < 1.29 is 42.1 Å². The maximum absolute atomic E-state index is 13.7. The fraction of sp³-hybridized carbons (Fsp3) is 0.0286. The molecule has 0 unspecified atom stereocenters. The summed E-state index contributed by atoms with van der Waals surface area (Å²) in [6.45, 7) is 0. The summed E-state index contributed by atoms with van der Waals surface area (Å²) in [5.41, 5.74) is 0. The van der Waals surface area contributed by atoms with Gasteiger partial charge in [0.15, 0.2) is 0 Å². The molecule has 0 aliphatic carbocycles. The summed E-state index contributed by atoms with van der Waals surface area (Å²) in [7, 11) is 4.17. The molecule has 0 N–H and O–H groups in total. The first kappa shape index (κ1) is 39.6. The predicted octanol–water partition coefficient (Wildman–Crippen LogP) is 8.89. The minimum absolute atomic E-state index is 0. The molecule has 0 bridgehead atoms. The third kappa shape index (κ3) is 10.7. The van der Waals surface area contributed by atoms with E-state index >= 15 is 0 Å². The summed E-state index contributed by atoms with van der Waals surface area (Å²) in [5, 5.41) is 5.51. The topological polar surface area (TPSA) is 34.1 Å². The number of rotatable bonds is 6. The Morgan fingerprint density at radius 1 is 0.467 bits per heavy atom. The van der Waals surface area contributed by atoms with Crippen LogP contribution in [0.1, 0.15) is 0 Å². The van der Waals surface area contributed by atoms with Gasteiger partial charge in [-0.2, -0.15) is 36.4 Å². The molecule has 10 heteroatoms. The first-order valence-corrected chi connectivity index (χ1v) is 21.8. The molecule has 238 valence electrons. The molecule has 0 atom stereocenters. The molecule has 6 aromatic carbocycles. The van der Waals surface area contributed by atoms with Crippen LogP contribution in [0.5, 0.6) is 0 Å². The van der Waals surface area contributed by atoms with Gasteiger partial charge in [0, 0.05) is 21.2 Å². The molecule has 0 aliphatic rings. The Bertz CT molecular complexity index is 1470. The van der Waals surface area contributed by atoms with Crippen molar-refractivity contribution in [2.45, 2.75) is 0 Å². The summed E-state index contributed by atoms with van der Waals surface area (Å²) < 4.78 is 27.4. The second-order valence-electron chi connectivity index (χ2n) is 8.99. The van der Waals surface area contributed by atoms with Gasteiger partial charge in [0.05, 0.1) is 5.34 Å². The molecule has 0 radical (unpaired) electrons. The van der Waals surface area contributed by atoms with Gasteiger partial charge < -0.3 is 9.13 Å². The summed E-state index contributed by atoms with van der Waals surface area (Å²) in [6, 6.07) is 54.4. The molecule has 0 aromatic heterocycles. The Kier molecular flexibility index (Phi) is 18.7. The van der Waals surface area contributed by atoms with Gasteiger partial charge in [0.1, 0.15) is 14.3 Å². The Morgan fingerprint density at radius 2 is 0.689 bits per heavy atom. The first-order chi connectivity index (χ1) is 21.5.